The molecule has 10 rings (SSSR count). The minimum atomic E-state index is -0.118. The fraction of sp³-hybridized carbons (Fsp3) is 0.143. The van der Waals surface area contributed by atoms with Crippen molar-refractivity contribution in [3.05, 3.63) is 173 Å². The number of aryl methyl sites for hydroxylation is 1. The van der Waals surface area contributed by atoms with Crippen LogP contribution in [0, 0.1) is 6.92 Å². The number of anilines is 3. The Bertz CT molecular complexity index is 2730. The number of benzene rings is 8. The zero-order chi connectivity index (χ0) is 33.9. The Morgan fingerprint density at radius 1 is 0.420 bits per heavy atom. The highest BCUT2D eigenvalue weighted by Crippen LogP contribution is 2.55. The van der Waals surface area contributed by atoms with E-state index in [1.165, 1.54) is 99.5 Å². The fourth-order valence-electron chi connectivity index (χ4n) is 9.52. The van der Waals surface area contributed by atoms with Crippen LogP contribution in [0.15, 0.2) is 146 Å². The molecule has 0 bridgehead atoms. The van der Waals surface area contributed by atoms with Crippen molar-refractivity contribution in [2.24, 2.45) is 0 Å². The predicted molar refractivity (Wildman–Crippen MR) is 214 cm³/mol. The average molecular weight is 642 g/mol. The van der Waals surface area contributed by atoms with Crippen LogP contribution >= 0.6 is 0 Å². The van der Waals surface area contributed by atoms with E-state index in [0.29, 0.717) is 0 Å². The lowest BCUT2D eigenvalue weighted by atomic mass is 9.78. The third-order valence-electron chi connectivity index (χ3n) is 11.9. The highest BCUT2D eigenvalue weighted by Gasteiger charge is 2.39. The van der Waals surface area contributed by atoms with Gasteiger partial charge in [-0.15, -0.1) is 0 Å². The Morgan fingerprint density at radius 2 is 0.980 bits per heavy atom. The quantitative estimate of drug-likeness (QED) is 0.186. The van der Waals surface area contributed by atoms with Crippen LogP contribution < -0.4 is 4.90 Å². The second kappa shape index (κ2) is 10.2. The zero-order valence-electron chi connectivity index (χ0n) is 29.3. The summed E-state index contributed by atoms with van der Waals surface area (Å²) < 4.78 is 0. The first-order chi connectivity index (χ1) is 24.2. The van der Waals surface area contributed by atoms with Gasteiger partial charge < -0.3 is 4.90 Å². The lowest BCUT2D eigenvalue weighted by Crippen LogP contribution is -2.17. The van der Waals surface area contributed by atoms with E-state index in [4.69, 9.17) is 0 Å². The summed E-state index contributed by atoms with van der Waals surface area (Å²) in [5, 5.41) is 7.89. The molecule has 1 heteroatoms. The van der Waals surface area contributed by atoms with Gasteiger partial charge in [-0.1, -0.05) is 143 Å². The van der Waals surface area contributed by atoms with Gasteiger partial charge in [-0.25, -0.2) is 0 Å². The molecule has 2 aliphatic rings. The Hall–Kier alpha value is -5.66. The van der Waals surface area contributed by atoms with Crippen LogP contribution in [-0.2, 0) is 10.8 Å². The smallest absolute Gasteiger partial charge is 0.0490 e. The molecule has 0 saturated carbocycles. The number of para-hydroxylation sites is 1. The van der Waals surface area contributed by atoms with Gasteiger partial charge >= 0.3 is 0 Å². The van der Waals surface area contributed by atoms with Gasteiger partial charge in [0.25, 0.3) is 0 Å². The van der Waals surface area contributed by atoms with Crippen LogP contribution in [0.5, 0.6) is 0 Å². The van der Waals surface area contributed by atoms with E-state index < -0.39 is 0 Å². The molecular weight excluding hydrogens is 603 g/mol. The monoisotopic (exact) mass is 641 g/mol. The van der Waals surface area contributed by atoms with Gasteiger partial charge in [0.1, 0.15) is 0 Å². The lowest BCUT2D eigenvalue weighted by molar-refractivity contribution is 0.661. The number of rotatable bonds is 3. The van der Waals surface area contributed by atoms with E-state index in [0.717, 1.165) is 0 Å². The molecule has 0 radical (unpaired) electrons. The van der Waals surface area contributed by atoms with Crippen molar-refractivity contribution in [2.45, 2.75) is 45.4 Å². The summed E-state index contributed by atoms with van der Waals surface area (Å²) in [4.78, 5) is 2.47. The van der Waals surface area contributed by atoms with E-state index in [2.05, 4.69) is 185 Å². The molecular formula is C49H39N. The summed E-state index contributed by atoms with van der Waals surface area (Å²) in [7, 11) is 0. The fourth-order valence-corrected chi connectivity index (χ4v) is 9.52. The van der Waals surface area contributed by atoms with Gasteiger partial charge in [0, 0.05) is 27.9 Å². The molecule has 2 aliphatic carbocycles. The number of fused-ring (bicyclic) bond motifs is 12. The molecule has 0 unspecified atom stereocenters. The largest absolute Gasteiger partial charge is 0.310 e. The standard InChI is InChI=1S/C49H39N/c1-30-12-6-11-17-44(30)50(35-22-26-41-43(29-35)48(2,3)42-27-20-31-13-7-9-15-36(31)45(41)42)34-21-25-38-33(28-34)19-24-40-39-23-18-32-14-8-10-16-37(32)46(39)49(4,5)47(38)40/h6-29H,1-5H3. The van der Waals surface area contributed by atoms with Gasteiger partial charge in [0.15, 0.2) is 0 Å². The van der Waals surface area contributed by atoms with Gasteiger partial charge in [-0.2, -0.15) is 0 Å². The highest BCUT2D eigenvalue weighted by atomic mass is 15.1. The molecule has 0 aliphatic heterocycles. The summed E-state index contributed by atoms with van der Waals surface area (Å²) in [5.41, 5.74) is 15.7. The van der Waals surface area contributed by atoms with E-state index in [-0.39, 0.29) is 10.8 Å². The normalized spacial score (nSPS) is 14.8. The Balaban J connectivity index is 1.16. The Morgan fingerprint density at radius 3 is 1.74 bits per heavy atom. The molecule has 50 heavy (non-hydrogen) atoms. The molecule has 1 nitrogen and oxygen atoms in total. The Kier molecular flexibility index (Phi) is 5.96. The molecule has 0 N–H and O–H groups in total. The highest BCUT2D eigenvalue weighted by molar-refractivity contribution is 6.05. The summed E-state index contributed by atoms with van der Waals surface area (Å²) in [6.45, 7) is 11.8. The number of hydrogen-bond acceptors (Lipinski definition) is 1. The molecule has 8 aromatic rings. The van der Waals surface area contributed by atoms with Gasteiger partial charge in [0.05, 0.1) is 0 Å². The third kappa shape index (κ3) is 3.89. The second-order valence-corrected chi connectivity index (χ2v) is 15.4. The van der Waals surface area contributed by atoms with E-state index in [1.54, 1.807) is 0 Å². The van der Waals surface area contributed by atoms with Gasteiger partial charge in [-0.05, 0) is 120 Å². The molecule has 0 amide bonds. The molecule has 0 heterocycles. The lowest BCUT2D eigenvalue weighted by Gasteiger charge is -2.30. The van der Waals surface area contributed by atoms with Crippen molar-refractivity contribution in [1.82, 2.24) is 0 Å². The molecule has 0 fully saturated rings. The van der Waals surface area contributed by atoms with Crippen LogP contribution in [0.4, 0.5) is 17.1 Å². The summed E-state index contributed by atoms with van der Waals surface area (Å²) in [6, 6.07) is 54.7. The molecule has 0 spiro atoms. The first-order valence-corrected chi connectivity index (χ1v) is 17.9. The van der Waals surface area contributed by atoms with E-state index in [9.17, 15) is 0 Å². The van der Waals surface area contributed by atoms with Crippen molar-refractivity contribution in [2.75, 3.05) is 4.90 Å². The SMILES string of the molecule is Cc1ccccc1N(c1ccc2c(c1)C(C)(C)c1ccc3ccccc3c1-2)c1ccc2c3c(ccc2c1)-c1ccc2ccccc2c1C3(C)C. The summed E-state index contributed by atoms with van der Waals surface area (Å²) in [5.74, 6) is 0. The minimum absolute atomic E-state index is 0.114. The summed E-state index contributed by atoms with van der Waals surface area (Å²) >= 11 is 0. The predicted octanol–water partition coefficient (Wildman–Crippen LogP) is 13.5. The maximum atomic E-state index is 2.47. The molecule has 0 aromatic heterocycles. The molecule has 240 valence electrons. The molecule has 0 saturated heterocycles. The Labute approximate surface area is 294 Å². The first-order valence-electron chi connectivity index (χ1n) is 17.9. The van der Waals surface area contributed by atoms with Crippen molar-refractivity contribution < 1.29 is 0 Å². The van der Waals surface area contributed by atoms with Crippen molar-refractivity contribution in [1.29, 1.82) is 0 Å². The van der Waals surface area contributed by atoms with Crippen molar-refractivity contribution >= 4 is 49.4 Å². The molecule has 0 atom stereocenters. The maximum absolute atomic E-state index is 2.47. The summed E-state index contributed by atoms with van der Waals surface area (Å²) in [6.07, 6.45) is 0. The van der Waals surface area contributed by atoms with Crippen LogP contribution in [0.2, 0.25) is 0 Å². The van der Waals surface area contributed by atoms with E-state index >= 15 is 0 Å². The van der Waals surface area contributed by atoms with Gasteiger partial charge in [0.2, 0.25) is 0 Å². The van der Waals surface area contributed by atoms with Crippen molar-refractivity contribution in [3.8, 4) is 22.3 Å². The van der Waals surface area contributed by atoms with Crippen LogP contribution in [0.25, 0.3) is 54.6 Å². The topological polar surface area (TPSA) is 3.24 Å². The van der Waals surface area contributed by atoms with Crippen LogP contribution in [0.1, 0.15) is 55.5 Å². The minimum Gasteiger partial charge on any atom is -0.310 e. The maximum Gasteiger partial charge on any atom is 0.0490 e. The van der Waals surface area contributed by atoms with Crippen molar-refractivity contribution in [3.63, 3.8) is 0 Å². The van der Waals surface area contributed by atoms with Crippen LogP contribution in [0.3, 0.4) is 0 Å². The van der Waals surface area contributed by atoms with Gasteiger partial charge in [-0.3, -0.25) is 0 Å². The zero-order valence-corrected chi connectivity index (χ0v) is 29.3. The number of hydrogen-bond donors (Lipinski definition) is 0. The third-order valence-corrected chi connectivity index (χ3v) is 11.9. The second-order valence-electron chi connectivity index (χ2n) is 15.4. The average Bonchev–Trinajstić information content (AvgIpc) is 3.52. The first kappa shape index (κ1) is 29.3. The number of nitrogens with zero attached hydrogens (tertiary/aromatic N) is 1. The molecule has 8 aromatic carbocycles. The van der Waals surface area contributed by atoms with E-state index in [1.807, 2.05) is 0 Å². The van der Waals surface area contributed by atoms with Crippen LogP contribution in [-0.4, -0.2) is 0 Å².